The molecule has 0 unspecified atom stereocenters. The highest BCUT2D eigenvalue weighted by atomic mass is 16.2. The van der Waals surface area contributed by atoms with Crippen LogP contribution in [0.2, 0.25) is 0 Å². The third kappa shape index (κ3) is 6.24. The molecule has 0 saturated heterocycles. The molecule has 2 aromatic rings. The van der Waals surface area contributed by atoms with Gasteiger partial charge in [0.2, 0.25) is 11.8 Å². The Labute approximate surface area is 162 Å². The molecule has 0 aromatic heterocycles. The predicted molar refractivity (Wildman–Crippen MR) is 109 cm³/mol. The number of benzene rings is 2. The highest BCUT2D eigenvalue weighted by Gasteiger charge is 2.26. The molecule has 0 aliphatic carbocycles. The molecule has 0 radical (unpaired) electrons. The predicted octanol–water partition coefficient (Wildman–Crippen LogP) is 3.87. The Morgan fingerprint density at radius 1 is 1.04 bits per heavy atom. The van der Waals surface area contributed by atoms with E-state index in [1.165, 1.54) is 0 Å². The molecule has 1 N–H and O–H groups in total. The van der Waals surface area contributed by atoms with E-state index in [9.17, 15) is 9.59 Å². The zero-order valence-electron chi connectivity index (χ0n) is 16.6. The minimum atomic E-state index is -0.516. The topological polar surface area (TPSA) is 49.4 Å². The quantitative estimate of drug-likeness (QED) is 0.685. The number of nitrogens with one attached hydrogen (secondary N) is 1. The van der Waals surface area contributed by atoms with E-state index in [2.05, 4.69) is 12.2 Å². The summed E-state index contributed by atoms with van der Waals surface area (Å²) in [6, 6.07) is 17.1. The molecule has 0 spiro atoms. The van der Waals surface area contributed by atoms with E-state index in [0.29, 0.717) is 19.5 Å². The van der Waals surface area contributed by atoms with Gasteiger partial charge in [0.25, 0.3) is 0 Å². The molecule has 27 heavy (non-hydrogen) atoms. The number of nitrogens with zero attached hydrogens (tertiary/aromatic N) is 1. The summed E-state index contributed by atoms with van der Waals surface area (Å²) in [6.07, 6.45) is 2.25. The Kier molecular flexibility index (Phi) is 8.05. The number of aryl methyl sites for hydroxylation is 1. The number of rotatable bonds is 9. The smallest absolute Gasteiger partial charge is 0.242 e. The molecular weight excluding hydrogens is 336 g/mol. The SMILES string of the molecule is CCCCNC(=O)[C@@H](C)N(Cc1ccccc1C)C(=O)Cc1ccccc1. The summed E-state index contributed by atoms with van der Waals surface area (Å²) in [5.41, 5.74) is 3.14. The third-order valence-electron chi connectivity index (χ3n) is 4.80. The first kappa shape index (κ1) is 20.7. The van der Waals surface area contributed by atoms with E-state index in [-0.39, 0.29) is 11.8 Å². The minimum absolute atomic E-state index is 0.0393. The molecule has 0 heterocycles. The van der Waals surface area contributed by atoms with Crippen molar-refractivity contribution in [2.45, 2.75) is 52.6 Å². The van der Waals surface area contributed by atoms with E-state index in [4.69, 9.17) is 0 Å². The Morgan fingerprint density at radius 3 is 2.37 bits per heavy atom. The molecule has 4 nitrogen and oxygen atoms in total. The van der Waals surface area contributed by atoms with Gasteiger partial charge in [-0.2, -0.15) is 0 Å². The van der Waals surface area contributed by atoms with Gasteiger partial charge in [0.05, 0.1) is 6.42 Å². The largest absolute Gasteiger partial charge is 0.354 e. The molecule has 0 saturated carbocycles. The minimum Gasteiger partial charge on any atom is -0.354 e. The summed E-state index contributed by atoms with van der Waals surface area (Å²) in [5.74, 6) is -0.138. The molecule has 2 aromatic carbocycles. The van der Waals surface area contributed by atoms with Crippen LogP contribution in [0, 0.1) is 6.92 Å². The van der Waals surface area contributed by atoms with Crippen molar-refractivity contribution in [1.82, 2.24) is 10.2 Å². The van der Waals surface area contributed by atoms with E-state index in [1.807, 2.05) is 68.4 Å². The molecule has 144 valence electrons. The van der Waals surface area contributed by atoms with Crippen LogP contribution < -0.4 is 5.32 Å². The summed E-state index contributed by atoms with van der Waals surface area (Å²) >= 11 is 0. The third-order valence-corrected chi connectivity index (χ3v) is 4.80. The Morgan fingerprint density at radius 2 is 1.70 bits per heavy atom. The van der Waals surface area contributed by atoms with Crippen molar-refractivity contribution in [1.29, 1.82) is 0 Å². The maximum absolute atomic E-state index is 13.1. The first-order chi connectivity index (χ1) is 13.0. The first-order valence-electron chi connectivity index (χ1n) is 9.68. The van der Waals surface area contributed by atoms with Crippen LogP contribution in [-0.2, 0) is 22.6 Å². The van der Waals surface area contributed by atoms with E-state index >= 15 is 0 Å². The number of hydrogen-bond donors (Lipinski definition) is 1. The first-order valence-corrected chi connectivity index (χ1v) is 9.68. The zero-order chi connectivity index (χ0) is 19.6. The summed E-state index contributed by atoms with van der Waals surface area (Å²) < 4.78 is 0. The van der Waals surface area contributed by atoms with Gasteiger partial charge in [-0.25, -0.2) is 0 Å². The second kappa shape index (κ2) is 10.5. The van der Waals surface area contributed by atoms with Crippen molar-refractivity contribution in [3.8, 4) is 0 Å². The van der Waals surface area contributed by atoms with Crippen LogP contribution in [0.25, 0.3) is 0 Å². The highest BCUT2D eigenvalue weighted by Crippen LogP contribution is 2.15. The maximum Gasteiger partial charge on any atom is 0.242 e. The van der Waals surface area contributed by atoms with Gasteiger partial charge < -0.3 is 10.2 Å². The van der Waals surface area contributed by atoms with E-state index in [1.54, 1.807) is 4.90 Å². The van der Waals surface area contributed by atoms with Gasteiger partial charge in [-0.3, -0.25) is 9.59 Å². The van der Waals surface area contributed by atoms with Crippen LogP contribution in [0.4, 0.5) is 0 Å². The van der Waals surface area contributed by atoms with Crippen LogP contribution in [-0.4, -0.2) is 29.3 Å². The van der Waals surface area contributed by atoms with Crippen LogP contribution in [0.1, 0.15) is 43.4 Å². The molecule has 0 fully saturated rings. The summed E-state index contributed by atoms with van der Waals surface area (Å²) in [6.45, 7) is 7.00. The van der Waals surface area contributed by atoms with Crippen LogP contribution >= 0.6 is 0 Å². The standard InChI is InChI=1S/C23H30N2O2/c1-4-5-15-24-23(27)19(3)25(17-21-14-10-9-11-18(21)2)22(26)16-20-12-7-6-8-13-20/h6-14,19H,4-5,15-17H2,1-3H3,(H,24,27)/t19-/m1/s1. The Hall–Kier alpha value is -2.62. The zero-order valence-corrected chi connectivity index (χ0v) is 16.6. The van der Waals surface area contributed by atoms with Gasteiger partial charge in [0.1, 0.15) is 6.04 Å². The lowest BCUT2D eigenvalue weighted by Gasteiger charge is -2.29. The van der Waals surface area contributed by atoms with Gasteiger partial charge in [0, 0.05) is 13.1 Å². The molecule has 0 aliphatic heterocycles. The van der Waals surface area contributed by atoms with Crippen LogP contribution in [0.3, 0.4) is 0 Å². The number of carbonyl (C=O) groups excluding carboxylic acids is 2. The number of unbranched alkanes of at least 4 members (excludes halogenated alkanes) is 1. The fourth-order valence-electron chi connectivity index (χ4n) is 2.96. The normalized spacial score (nSPS) is 11.7. The van der Waals surface area contributed by atoms with Crippen molar-refractivity contribution in [2.24, 2.45) is 0 Å². The van der Waals surface area contributed by atoms with Crippen molar-refractivity contribution in [3.63, 3.8) is 0 Å². The second-order valence-corrected chi connectivity index (χ2v) is 6.93. The van der Waals surface area contributed by atoms with Gasteiger partial charge in [0.15, 0.2) is 0 Å². The average molecular weight is 367 g/mol. The summed E-state index contributed by atoms with van der Waals surface area (Å²) in [7, 11) is 0. The lowest BCUT2D eigenvalue weighted by Crippen LogP contribution is -2.48. The molecule has 2 amide bonds. The van der Waals surface area contributed by atoms with Crippen molar-refractivity contribution in [2.75, 3.05) is 6.54 Å². The van der Waals surface area contributed by atoms with Crippen molar-refractivity contribution in [3.05, 3.63) is 71.3 Å². The fraction of sp³-hybridized carbons (Fsp3) is 0.391. The van der Waals surface area contributed by atoms with Gasteiger partial charge >= 0.3 is 0 Å². The van der Waals surface area contributed by atoms with Crippen molar-refractivity contribution < 1.29 is 9.59 Å². The summed E-state index contributed by atoms with van der Waals surface area (Å²) in [5, 5.41) is 2.95. The number of hydrogen-bond acceptors (Lipinski definition) is 2. The van der Waals surface area contributed by atoms with Gasteiger partial charge in [-0.15, -0.1) is 0 Å². The van der Waals surface area contributed by atoms with E-state index in [0.717, 1.165) is 29.5 Å². The van der Waals surface area contributed by atoms with Crippen LogP contribution in [0.15, 0.2) is 54.6 Å². The number of carbonyl (C=O) groups is 2. The summed E-state index contributed by atoms with van der Waals surface area (Å²) in [4.78, 5) is 27.3. The highest BCUT2D eigenvalue weighted by molar-refractivity contribution is 5.88. The van der Waals surface area contributed by atoms with Gasteiger partial charge in [-0.1, -0.05) is 67.9 Å². The Balaban J connectivity index is 2.17. The van der Waals surface area contributed by atoms with E-state index < -0.39 is 6.04 Å². The van der Waals surface area contributed by atoms with Crippen LogP contribution in [0.5, 0.6) is 0 Å². The molecule has 4 heteroatoms. The molecule has 1 atom stereocenters. The number of amides is 2. The van der Waals surface area contributed by atoms with Gasteiger partial charge in [-0.05, 0) is 37.0 Å². The lowest BCUT2D eigenvalue weighted by molar-refractivity contribution is -0.140. The Bertz CT molecular complexity index is 743. The molecule has 2 rings (SSSR count). The fourth-order valence-corrected chi connectivity index (χ4v) is 2.96. The molecular formula is C23H30N2O2. The molecule has 0 aliphatic rings. The monoisotopic (exact) mass is 366 g/mol. The van der Waals surface area contributed by atoms with Crippen molar-refractivity contribution >= 4 is 11.8 Å². The average Bonchev–Trinajstić information content (AvgIpc) is 2.67. The maximum atomic E-state index is 13.1. The molecule has 0 bridgehead atoms. The lowest BCUT2D eigenvalue weighted by atomic mass is 10.1. The second-order valence-electron chi connectivity index (χ2n) is 6.93.